The van der Waals surface area contributed by atoms with Gasteiger partial charge in [-0.1, -0.05) is 37.0 Å². The molecular weight excluding hydrogens is 327 g/mol. The van der Waals surface area contributed by atoms with Gasteiger partial charge in [0.05, 0.1) is 21.9 Å². The second-order valence-electron chi connectivity index (χ2n) is 5.28. The molecule has 0 saturated carbocycles. The molecule has 0 spiro atoms. The Kier molecular flexibility index (Phi) is 5.67. The smallest absolute Gasteiger partial charge is 0.240 e. The summed E-state index contributed by atoms with van der Waals surface area (Å²) < 4.78 is 5.48. The van der Waals surface area contributed by atoms with Gasteiger partial charge in [-0.25, -0.2) is 5.43 Å². The summed E-state index contributed by atoms with van der Waals surface area (Å²) >= 11 is 12.4. The van der Waals surface area contributed by atoms with Crippen molar-refractivity contribution in [2.24, 2.45) is 11.0 Å². The number of nitrogens with one attached hydrogen (secondary N) is 1. The molecule has 2 atom stereocenters. The number of carbonyl (C=O) groups is 1. The van der Waals surface area contributed by atoms with Crippen molar-refractivity contribution in [1.82, 2.24) is 5.43 Å². The van der Waals surface area contributed by atoms with Crippen LogP contribution < -0.4 is 10.2 Å². The predicted octanol–water partition coefficient (Wildman–Crippen LogP) is 3.00. The third kappa shape index (κ3) is 3.91. The molecule has 0 aliphatic carbocycles. The molecule has 2 unspecified atom stereocenters. The van der Waals surface area contributed by atoms with Crippen LogP contribution in [0.5, 0.6) is 5.75 Å². The molecule has 1 aromatic rings. The van der Waals surface area contributed by atoms with Crippen LogP contribution in [0.25, 0.3) is 0 Å². The van der Waals surface area contributed by atoms with E-state index in [-0.39, 0.29) is 18.4 Å². The van der Waals surface area contributed by atoms with Crippen molar-refractivity contribution in [3.63, 3.8) is 0 Å². The molecule has 2 N–H and O–H groups in total. The molecule has 1 aliphatic heterocycles. The Morgan fingerprint density at radius 2 is 2.09 bits per heavy atom. The van der Waals surface area contributed by atoms with Gasteiger partial charge in [0.2, 0.25) is 5.91 Å². The van der Waals surface area contributed by atoms with Crippen molar-refractivity contribution < 1.29 is 14.6 Å². The number of hydrogen-bond donors (Lipinski definition) is 2. The lowest BCUT2D eigenvalue weighted by molar-refractivity contribution is -0.121. The van der Waals surface area contributed by atoms with Crippen LogP contribution in [0.3, 0.4) is 0 Å². The lowest BCUT2D eigenvalue weighted by Gasteiger charge is -2.20. The predicted molar refractivity (Wildman–Crippen MR) is 86.7 cm³/mol. The normalized spacial score (nSPS) is 19.4. The van der Waals surface area contributed by atoms with Crippen molar-refractivity contribution in [2.75, 3.05) is 6.61 Å². The Morgan fingerprint density at radius 3 is 2.64 bits per heavy atom. The minimum Gasteiger partial charge on any atom is -0.488 e. The molecule has 0 aromatic heterocycles. The zero-order chi connectivity index (χ0) is 16.3. The van der Waals surface area contributed by atoms with Gasteiger partial charge < -0.3 is 9.84 Å². The maximum absolute atomic E-state index is 11.3. The number of aliphatic hydroxyl groups excluding tert-OH is 1. The molecule has 120 valence electrons. The quantitative estimate of drug-likeness (QED) is 0.862. The molecule has 22 heavy (non-hydrogen) atoms. The Morgan fingerprint density at radius 1 is 1.45 bits per heavy atom. The van der Waals surface area contributed by atoms with E-state index in [4.69, 9.17) is 27.9 Å². The van der Waals surface area contributed by atoms with E-state index in [0.29, 0.717) is 28.6 Å². The summed E-state index contributed by atoms with van der Waals surface area (Å²) in [4.78, 5) is 11.3. The second kappa shape index (κ2) is 7.31. The number of nitrogens with zero attached hydrogens (tertiary/aromatic N) is 1. The maximum atomic E-state index is 11.3. The Bertz CT molecular complexity index is 581. The fraction of sp³-hybridized carbons (Fsp3) is 0.467. The molecule has 0 bridgehead atoms. The van der Waals surface area contributed by atoms with Crippen LogP contribution in [0.4, 0.5) is 0 Å². The van der Waals surface area contributed by atoms with Gasteiger partial charge in [-0.15, -0.1) is 0 Å². The fourth-order valence-electron chi connectivity index (χ4n) is 2.15. The third-order valence-electron chi connectivity index (χ3n) is 3.44. The first kappa shape index (κ1) is 17.1. The van der Waals surface area contributed by atoms with Gasteiger partial charge in [-0.2, -0.15) is 5.10 Å². The van der Waals surface area contributed by atoms with Gasteiger partial charge in [0, 0.05) is 17.9 Å². The van der Waals surface area contributed by atoms with E-state index in [9.17, 15) is 9.90 Å². The van der Waals surface area contributed by atoms with Gasteiger partial charge >= 0.3 is 0 Å². The number of hydrazone groups is 1. The maximum Gasteiger partial charge on any atom is 0.240 e. The average Bonchev–Trinajstić information content (AvgIpc) is 2.45. The number of rotatable bonds is 5. The second-order valence-corrected chi connectivity index (χ2v) is 6.09. The van der Waals surface area contributed by atoms with Crippen molar-refractivity contribution in [2.45, 2.75) is 32.8 Å². The number of hydrogen-bond acceptors (Lipinski definition) is 4. The van der Waals surface area contributed by atoms with Gasteiger partial charge in [-0.05, 0) is 18.6 Å². The summed E-state index contributed by atoms with van der Waals surface area (Å²) in [5, 5.41) is 14.3. The lowest BCUT2D eigenvalue weighted by Crippen LogP contribution is -2.32. The molecule has 1 aliphatic rings. The van der Waals surface area contributed by atoms with Crippen LogP contribution in [-0.2, 0) is 4.79 Å². The minimum atomic E-state index is -0.565. The van der Waals surface area contributed by atoms with E-state index >= 15 is 0 Å². The van der Waals surface area contributed by atoms with Crippen molar-refractivity contribution in [3.8, 4) is 5.75 Å². The molecule has 1 aromatic carbocycles. The lowest BCUT2D eigenvalue weighted by atomic mass is 9.94. The summed E-state index contributed by atoms with van der Waals surface area (Å²) in [5.74, 6) is 0.212. The highest BCUT2D eigenvalue weighted by atomic mass is 35.5. The highest BCUT2D eigenvalue weighted by Gasteiger charge is 2.23. The highest BCUT2D eigenvalue weighted by molar-refractivity contribution is 6.37. The SMILES string of the molecule is CCC(O)COc1c(Cl)cc(C2=NNC(=O)CC2C)cc1Cl. The number of halogens is 2. The standard InChI is InChI=1S/C15H18Cl2N2O3/c1-3-10(20)7-22-15-11(16)5-9(6-12(15)17)14-8(2)4-13(21)18-19-14/h5-6,8,10,20H,3-4,7H2,1-2H3,(H,18,21). The summed E-state index contributed by atoms with van der Waals surface area (Å²) in [6.45, 7) is 3.90. The van der Waals surface area contributed by atoms with Crippen LogP contribution in [0.2, 0.25) is 10.0 Å². The molecular formula is C15H18Cl2N2O3. The molecule has 0 saturated heterocycles. The number of aliphatic hydroxyl groups is 1. The van der Waals surface area contributed by atoms with Crippen molar-refractivity contribution in [1.29, 1.82) is 0 Å². The summed E-state index contributed by atoms with van der Waals surface area (Å²) in [5.41, 5.74) is 3.93. The molecule has 0 fully saturated rings. The van der Waals surface area contributed by atoms with E-state index < -0.39 is 6.10 Å². The highest BCUT2D eigenvalue weighted by Crippen LogP contribution is 2.35. The molecule has 2 rings (SSSR count). The first-order chi connectivity index (χ1) is 10.4. The van der Waals surface area contributed by atoms with Crippen LogP contribution in [0, 0.1) is 5.92 Å². The van der Waals surface area contributed by atoms with Crippen LogP contribution in [-0.4, -0.2) is 29.4 Å². The Balaban J connectivity index is 2.24. The van der Waals surface area contributed by atoms with Crippen LogP contribution in [0.15, 0.2) is 17.2 Å². The molecule has 5 nitrogen and oxygen atoms in total. The molecule has 0 radical (unpaired) electrons. The van der Waals surface area contributed by atoms with E-state index in [1.165, 1.54) is 0 Å². The van der Waals surface area contributed by atoms with Gasteiger partial charge in [0.25, 0.3) is 0 Å². The summed E-state index contributed by atoms with van der Waals surface area (Å²) in [6, 6.07) is 3.40. The van der Waals surface area contributed by atoms with Gasteiger partial charge in [0.1, 0.15) is 6.61 Å². The van der Waals surface area contributed by atoms with E-state index in [1.807, 2.05) is 13.8 Å². The zero-order valence-corrected chi connectivity index (χ0v) is 13.9. The number of benzene rings is 1. The average molecular weight is 345 g/mol. The van der Waals surface area contributed by atoms with Crippen LogP contribution >= 0.6 is 23.2 Å². The number of ether oxygens (including phenoxy) is 1. The number of amides is 1. The molecule has 7 heteroatoms. The van der Waals surface area contributed by atoms with E-state index in [0.717, 1.165) is 11.3 Å². The Labute approximate surface area is 139 Å². The van der Waals surface area contributed by atoms with Crippen LogP contribution in [0.1, 0.15) is 32.3 Å². The molecule has 1 heterocycles. The zero-order valence-electron chi connectivity index (χ0n) is 12.4. The summed E-state index contributed by atoms with van der Waals surface area (Å²) in [6.07, 6.45) is 0.390. The van der Waals surface area contributed by atoms with Gasteiger partial charge in [-0.3, -0.25) is 4.79 Å². The largest absolute Gasteiger partial charge is 0.488 e. The topological polar surface area (TPSA) is 70.9 Å². The first-order valence-electron chi connectivity index (χ1n) is 7.09. The Hall–Kier alpha value is -1.30. The fourth-order valence-corrected chi connectivity index (χ4v) is 2.74. The third-order valence-corrected chi connectivity index (χ3v) is 4.01. The summed E-state index contributed by atoms with van der Waals surface area (Å²) in [7, 11) is 0. The van der Waals surface area contributed by atoms with Gasteiger partial charge in [0.15, 0.2) is 5.75 Å². The van der Waals surface area contributed by atoms with E-state index in [2.05, 4.69) is 10.5 Å². The van der Waals surface area contributed by atoms with Crippen molar-refractivity contribution in [3.05, 3.63) is 27.7 Å². The van der Waals surface area contributed by atoms with Crippen molar-refractivity contribution >= 4 is 34.8 Å². The van der Waals surface area contributed by atoms with E-state index in [1.54, 1.807) is 12.1 Å². The molecule has 1 amide bonds. The monoisotopic (exact) mass is 344 g/mol. The first-order valence-corrected chi connectivity index (χ1v) is 7.84. The number of carbonyl (C=O) groups excluding carboxylic acids is 1. The minimum absolute atomic E-state index is 0.0189.